The minimum absolute atomic E-state index is 0.256. The molecule has 2 bridgehead atoms. The van der Waals surface area contributed by atoms with Gasteiger partial charge in [0.1, 0.15) is 0 Å². The summed E-state index contributed by atoms with van der Waals surface area (Å²) in [5.41, 5.74) is 1.49. The van der Waals surface area contributed by atoms with E-state index < -0.39 is 0 Å². The van der Waals surface area contributed by atoms with Crippen LogP contribution in [-0.4, -0.2) is 48.3 Å². The molecule has 1 aromatic rings. The highest BCUT2D eigenvalue weighted by atomic mass is 16.5. The number of carbonyl (C=O) groups is 1. The van der Waals surface area contributed by atoms with E-state index in [0.29, 0.717) is 30.0 Å². The molecule has 0 aliphatic carbocycles. The van der Waals surface area contributed by atoms with Crippen molar-refractivity contribution < 1.29 is 14.6 Å². The Balaban J connectivity index is 1.65. The number of esters is 1. The van der Waals surface area contributed by atoms with E-state index in [1.807, 2.05) is 12.1 Å². The van der Waals surface area contributed by atoms with Crippen molar-refractivity contribution in [2.45, 2.75) is 25.8 Å². The monoisotopic (exact) mass is 313 g/mol. The number of ether oxygens (including phenoxy) is 1. The maximum Gasteiger partial charge on any atom is 0.338 e. The van der Waals surface area contributed by atoms with Crippen LogP contribution in [0.4, 0.5) is 0 Å². The Labute approximate surface area is 137 Å². The predicted molar refractivity (Wildman–Crippen MR) is 87.9 cm³/mol. The molecule has 122 valence electrons. The number of benzene rings is 1. The highest BCUT2D eigenvalue weighted by Crippen LogP contribution is 2.35. The molecule has 1 N–H and O–H groups in total. The van der Waals surface area contributed by atoms with Gasteiger partial charge in [-0.3, -0.25) is 4.90 Å². The summed E-state index contributed by atoms with van der Waals surface area (Å²) in [6.07, 6.45) is 2.23. The smallest absolute Gasteiger partial charge is 0.338 e. The summed E-state index contributed by atoms with van der Waals surface area (Å²) in [6, 6.07) is 7.60. The average Bonchev–Trinajstić information content (AvgIpc) is 2.61. The van der Waals surface area contributed by atoms with Crippen LogP contribution >= 0.6 is 0 Å². The fraction of sp³-hybridized carbons (Fsp3) is 0.526. The van der Waals surface area contributed by atoms with E-state index >= 15 is 0 Å². The third-order valence-electron chi connectivity index (χ3n) is 4.89. The van der Waals surface area contributed by atoms with Crippen molar-refractivity contribution in [3.63, 3.8) is 0 Å². The fourth-order valence-electron chi connectivity index (χ4n) is 3.57. The van der Waals surface area contributed by atoms with Crippen LogP contribution in [0.5, 0.6) is 0 Å². The first-order valence-corrected chi connectivity index (χ1v) is 8.35. The van der Waals surface area contributed by atoms with Crippen molar-refractivity contribution in [1.29, 1.82) is 0 Å². The third-order valence-corrected chi connectivity index (χ3v) is 4.89. The normalized spacial score (nSPS) is 28.8. The lowest BCUT2D eigenvalue weighted by molar-refractivity contribution is -0.00370. The quantitative estimate of drug-likeness (QED) is 0.684. The van der Waals surface area contributed by atoms with Gasteiger partial charge in [-0.2, -0.15) is 0 Å². The summed E-state index contributed by atoms with van der Waals surface area (Å²) >= 11 is 0. The van der Waals surface area contributed by atoms with Crippen molar-refractivity contribution in [2.75, 3.05) is 26.3 Å². The minimum atomic E-state index is -0.292. The molecule has 4 atom stereocenters. The van der Waals surface area contributed by atoms with E-state index in [-0.39, 0.29) is 12.6 Å². The van der Waals surface area contributed by atoms with Crippen LogP contribution in [-0.2, 0) is 4.74 Å². The lowest BCUT2D eigenvalue weighted by Gasteiger charge is -2.47. The molecule has 0 spiro atoms. The van der Waals surface area contributed by atoms with Gasteiger partial charge in [0.05, 0.1) is 18.8 Å². The number of aliphatic hydroxyl groups is 1. The molecule has 0 radical (unpaired) electrons. The summed E-state index contributed by atoms with van der Waals surface area (Å²) < 4.78 is 4.98. The first-order valence-electron chi connectivity index (χ1n) is 8.35. The van der Waals surface area contributed by atoms with Crippen molar-refractivity contribution >= 4 is 5.97 Å². The maximum atomic E-state index is 11.6. The van der Waals surface area contributed by atoms with Gasteiger partial charge in [-0.05, 0) is 56.5 Å². The van der Waals surface area contributed by atoms with E-state index in [2.05, 4.69) is 16.7 Å². The van der Waals surface area contributed by atoms with Crippen molar-refractivity contribution in [3.05, 3.63) is 35.4 Å². The van der Waals surface area contributed by atoms with E-state index in [0.717, 1.165) is 25.1 Å². The molecule has 4 rings (SSSR count). The molecule has 0 amide bonds. The van der Waals surface area contributed by atoms with Gasteiger partial charge in [0.25, 0.3) is 0 Å². The molecule has 0 aromatic heterocycles. The number of carbonyl (C=O) groups excluding carboxylic acids is 1. The molecule has 4 nitrogen and oxygen atoms in total. The number of hydrogen-bond donors (Lipinski definition) is 1. The zero-order valence-corrected chi connectivity index (χ0v) is 13.5. The number of piperidine rings is 3. The number of aliphatic hydroxyl groups excluding tert-OH is 1. The second kappa shape index (κ2) is 7.16. The lowest BCUT2D eigenvalue weighted by atomic mass is 9.76. The second-order valence-electron chi connectivity index (χ2n) is 6.29. The van der Waals surface area contributed by atoms with Gasteiger partial charge in [-0.1, -0.05) is 11.8 Å². The van der Waals surface area contributed by atoms with Gasteiger partial charge in [0.15, 0.2) is 0 Å². The molecule has 1 aromatic carbocycles. The van der Waals surface area contributed by atoms with Crippen molar-refractivity contribution in [2.24, 2.45) is 11.8 Å². The molecule has 3 fully saturated rings. The zero-order valence-electron chi connectivity index (χ0n) is 13.5. The Bertz CT molecular complexity index is 614. The SMILES string of the molecule is CCOC(=O)c1ccc(C#C[C@H]2CN3CCC2C[C@@H]3CO)cc1. The molecule has 3 heterocycles. The molecular formula is C19H23NO3. The van der Waals surface area contributed by atoms with E-state index in [4.69, 9.17) is 4.74 Å². The predicted octanol–water partition coefficient (Wildman–Crippen LogP) is 1.92. The minimum Gasteiger partial charge on any atom is -0.462 e. The summed E-state index contributed by atoms with van der Waals surface area (Å²) in [7, 11) is 0. The highest BCUT2D eigenvalue weighted by Gasteiger charge is 2.38. The Kier molecular flexibility index (Phi) is 5.00. The van der Waals surface area contributed by atoms with Crippen LogP contribution in [0.25, 0.3) is 0 Å². The second-order valence-corrected chi connectivity index (χ2v) is 6.29. The van der Waals surface area contributed by atoms with E-state index in [9.17, 15) is 9.90 Å². The van der Waals surface area contributed by atoms with Gasteiger partial charge < -0.3 is 9.84 Å². The highest BCUT2D eigenvalue weighted by molar-refractivity contribution is 5.89. The van der Waals surface area contributed by atoms with E-state index in [1.165, 1.54) is 6.42 Å². The topological polar surface area (TPSA) is 49.8 Å². The van der Waals surface area contributed by atoms with Gasteiger partial charge in [-0.15, -0.1) is 0 Å². The van der Waals surface area contributed by atoms with E-state index in [1.54, 1.807) is 19.1 Å². The van der Waals surface area contributed by atoms with Crippen LogP contribution < -0.4 is 0 Å². The van der Waals surface area contributed by atoms with Gasteiger partial charge in [-0.25, -0.2) is 4.79 Å². The Morgan fingerprint density at radius 1 is 1.39 bits per heavy atom. The van der Waals surface area contributed by atoms with Crippen LogP contribution in [0, 0.1) is 23.7 Å². The summed E-state index contributed by atoms with van der Waals surface area (Å²) in [5.74, 6) is 7.33. The van der Waals surface area contributed by atoms with Crippen LogP contribution in [0.15, 0.2) is 24.3 Å². The van der Waals surface area contributed by atoms with Crippen molar-refractivity contribution in [1.82, 2.24) is 4.90 Å². The molecule has 23 heavy (non-hydrogen) atoms. The molecule has 3 saturated heterocycles. The van der Waals surface area contributed by atoms with Gasteiger partial charge >= 0.3 is 5.97 Å². The van der Waals surface area contributed by atoms with Gasteiger partial charge in [0.2, 0.25) is 0 Å². The number of fused-ring (bicyclic) bond motifs is 3. The van der Waals surface area contributed by atoms with Crippen LogP contribution in [0.3, 0.4) is 0 Å². The Morgan fingerprint density at radius 2 is 2.17 bits per heavy atom. The number of rotatable bonds is 3. The molecule has 3 aliphatic heterocycles. The molecule has 4 heteroatoms. The zero-order chi connectivity index (χ0) is 16.2. The molecule has 3 aliphatic rings. The standard InChI is InChI=1S/C19H23NO3/c1-2-23-19(22)15-6-3-14(4-7-15)5-8-17-12-20-10-9-16(17)11-18(20)13-21/h3-4,6-7,16-18,21H,2,9-13H2,1H3/t16?,17-,18+/m0/s1. The molecular weight excluding hydrogens is 290 g/mol. The molecule has 0 saturated carbocycles. The number of hydrogen-bond acceptors (Lipinski definition) is 4. The summed E-state index contributed by atoms with van der Waals surface area (Å²) in [5, 5.41) is 9.40. The first-order chi connectivity index (χ1) is 11.2. The van der Waals surface area contributed by atoms with Crippen LogP contribution in [0.1, 0.15) is 35.7 Å². The molecule has 2 unspecified atom stereocenters. The van der Waals surface area contributed by atoms with Crippen molar-refractivity contribution in [3.8, 4) is 11.8 Å². The van der Waals surface area contributed by atoms with Crippen LogP contribution in [0.2, 0.25) is 0 Å². The lowest BCUT2D eigenvalue weighted by Crippen LogP contribution is -2.54. The Hall–Kier alpha value is -1.83. The summed E-state index contributed by atoms with van der Waals surface area (Å²) in [6.45, 7) is 4.49. The third kappa shape index (κ3) is 3.57. The maximum absolute atomic E-state index is 11.6. The summed E-state index contributed by atoms with van der Waals surface area (Å²) in [4.78, 5) is 14.0. The number of nitrogens with zero attached hydrogens (tertiary/aromatic N) is 1. The largest absolute Gasteiger partial charge is 0.462 e. The van der Waals surface area contributed by atoms with Gasteiger partial charge in [0, 0.05) is 24.1 Å². The fourth-order valence-corrected chi connectivity index (χ4v) is 3.57. The first kappa shape index (κ1) is 16.0. The average molecular weight is 313 g/mol. The Morgan fingerprint density at radius 3 is 2.78 bits per heavy atom.